The van der Waals surface area contributed by atoms with Crippen LogP contribution in [0.4, 0.5) is 0 Å². The van der Waals surface area contributed by atoms with E-state index in [-0.39, 0.29) is 5.91 Å². The Hall–Kier alpha value is -0.610. The lowest BCUT2D eigenvalue weighted by molar-refractivity contribution is -0.120. The van der Waals surface area contributed by atoms with Gasteiger partial charge in [-0.1, -0.05) is 25.7 Å². The zero-order valence-electron chi connectivity index (χ0n) is 10.3. The summed E-state index contributed by atoms with van der Waals surface area (Å²) in [7, 11) is 1.77. The topological polar surface area (TPSA) is 50.4 Å². The lowest BCUT2D eigenvalue weighted by atomic mass is 10.1. The van der Waals surface area contributed by atoms with Gasteiger partial charge < -0.3 is 15.4 Å². The summed E-state index contributed by atoms with van der Waals surface area (Å²) in [5.74, 6) is 0.0342. The van der Waals surface area contributed by atoms with Crippen LogP contribution in [0.15, 0.2) is 0 Å². The van der Waals surface area contributed by atoms with Crippen LogP contribution in [0.1, 0.15) is 38.5 Å². The van der Waals surface area contributed by atoms with Crippen molar-refractivity contribution in [3.05, 3.63) is 0 Å². The predicted octanol–water partition coefficient (Wildman–Crippen LogP) is 1.06. The molecule has 1 fully saturated rings. The number of rotatable bonds is 6. The van der Waals surface area contributed by atoms with Crippen molar-refractivity contribution in [2.45, 2.75) is 44.6 Å². The Balaban J connectivity index is 1.99. The van der Waals surface area contributed by atoms with Crippen LogP contribution in [0.3, 0.4) is 0 Å². The average Bonchev–Trinajstić information content (AvgIpc) is 2.53. The molecule has 0 heterocycles. The van der Waals surface area contributed by atoms with Crippen molar-refractivity contribution < 1.29 is 9.53 Å². The SMILES string of the molecule is CNCC(=O)NCCOC1CCCCCC1. The highest BCUT2D eigenvalue weighted by Gasteiger charge is 2.11. The number of ether oxygens (including phenoxy) is 1. The maximum atomic E-state index is 11.1. The molecule has 1 aliphatic rings. The molecular weight excluding hydrogens is 204 g/mol. The number of carbonyl (C=O) groups excluding carboxylic acids is 1. The van der Waals surface area contributed by atoms with E-state index in [4.69, 9.17) is 4.74 Å². The van der Waals surface area contributed by atoms with Crippen molar-refractivity contribution in [1.29, 1.82) is 0 Å². The standard InChI is InChI=1S/C12H24N2O2/c1-13-10-12(15)14-8-9-16-11-6-4-2-3-5-7-11/h11,13H,2-10H2,1H3,(H,14,15). The van der Waals surface area contributed by atoms with E-state index in [1.54, 1.807) is 7.05 Å². The molecule has 1 aliphatic carbocycles. The molecule has 94 valence electrons. The number of hydrogen-bond donors (Lipinski definition) is 2. The lowest BCUT2D eigenvalue weighted by Crippen LogP contribution is -2.34. The van der Waals surface area contributed by atoms with Gasteiger partial charge in [-0.3, -0.25) is 4.79 Å². The fraction of sp³-hybridized carbons (Fsp3) is 0.917. The molecule has 0 unspecified atom stereocenters. The fourth-order valence-corrected chi connectivity index (χ4v) is 2.05. The van der Waals surface area contributed by atoms with Crippen LogP contribution >= 0.6 is 0 Å². The van der Waals surface area contributed by atoms with E-state index in [9.17, 15) is 4.79 Å². The minimum absolute atomic E-state index is 0.0342. The van der Waals surface area contributed by atoms with E-state index in [1.807, 2.05) is 0 Å². The van der Waals surface area contributed by atoms with E-state index in [0.717, 1.165) is 0 Å². The lowest BCUT2D eigenvalue weighted by Gasteiger charge is -2.15. The van der Waals surface area contributed by atoms with Gasteiger partial charge in [-0.2, -0.15) is 0 Å². The summed E-state index contributed by atoms with van der Waals surface area (Å²) in [5, 5.41) is 5.63. The number of amides is 1. The van der Waals surface area contributed by atoms with Crippen LogP contribution in [0.5, 0.6) is 0 Å². The number of carbonyl (C=O) groups is 1. The van der Waals surface area contributed by atoms with Gasteiger partial charge >= 0.3 is 0 Å². The second-order valence-corrected chi connectivity index (χ2v) is 4.36. The van der Waals surface area contributed by atoms with E-state index in [1.165, 1.54) is 38.5 Å². The normalized spacial score (nSPS) is 18.1. The molecule has 0 spiro atoms. The number of likely N-dealkylation sites (N-methyl/N-ethyl adjacent to an activating group) is 1. The third-order valence-corrected chi connectivity index (χ3v) is 2.92. The molecule has 2 N–H and O–H groups in total. The molecule has 16 heavy (non-hydrogen) atoms. The van der Waals surface area contributed by atoms with Crippen LogP contribution in [-0.2, 0) is 9.53 Å². The summed E-state index contributed by atoms with van der Waals surface area (Å²) in [5.41, 5.74) is 0. The maximum Gasteiger partial charge on any atom is 0.234 e. The Kier molecular flexibility index (Phi) is 7.17. The molecule has 0 aromatic carbocycles. The summed E-state index contributed by atoms with van der Waals surface area (Å²) in [6, 6.07) is 0. The quantitative estimate of drug-likeness (QED) is 0.528. The first-order valence-corrected chi connectivity index (χ1v) is 6.36. The Morgan fingerprint density at radius 1 is 1.25 bits per heavy atom. The van der Waals surface area contributed by atoms with E-state index in [0.29, 0.717) is 25.8 Å². The second-order valence-electron chi connectivity index (χ2n) is 4.36. The van der Waals surface area contributed by atoms with Crippen molar-refractivity contribution in [2.24, 2.45) is 0 Å². The molecule has 0 atom stereocenters. The molecule has 1 rings (SSSR count). The van der Waals surface area contributed by atoms with E-state index < -0.39 is 0 Å². The monoisotopic (exact) mass is 228 g/mol. The van der Waals surface area contributed by atoms with Gasteiger partial charge in [0, 0.05) is 6.54 Å². The Morgan fingerprint density at radius 3 is 2.56 bits per heavy atom. The summed E-state index contributed by atoms with van der Waals surface area (Å²) in [6.07, 6.45) is 8.06. The van der Waals surface area contributed by atoms with Gasteiger partial charge in [0.2, 0.25) is 5.91 Å². The molecule has 4 nitrogen and oxygen atoms in total. The minimum atomic E-state index is 0.0342. The van der Waals surface area contributed by atoms with Crippen molar-refractivity contribution in [1.82, 2.24) is 10.6 Å². The highest BCUT2D eigenvalue weighted by atomic mass is 16.5. The van der Waals surface area contributed by atoms with Gasteiger partial charge in [0.15, 0.2) is 0 Å². The summed E-state index contributed by atoms with van der Waals surface area (Å²) >= 11 is 0. The molecule has 1 amide bonds. The average molecular weight is 228 g/mol. The van der Waals surface area contributed by atoms with Crippen molar-refractivity contribution in [3.8, 4) is 0 Å². The Morgan fingerprint density at radius 2 is 1.94 bits per heavy atom. The van der Waals surface area contributed by atoms with Gasteiger partial charge in [-0.15, -0.1) is 0 Å². The molecule has 0 aliphatic heterocycles. The third-order valence-electron chi connectivity index (χ3n) is 2.92. The molecule has 1 saturated carbocycles. The van der Waals surface area contributed by atoms with Crippen LogP contribution in [0.2, 0.25) is 0 Å². The molecule has 0 bridgehead atoms. The molecule has 0 saturated heterocycles. The minimum Gasteiger partial charge on any atom is -0.376 e. The maximum absolute atomic E-state index is 11.1. The largest absolute Gasteiger partial charge is 0.376 e. The number of nitrogens with one attached hydrogen (secondary N) is 2. The van der Waals surface area contributed by atoms with Crippen LogP contribution < -0.4 is 10.6 Å². The molecule has 0 aromatic rings. The Bertz CT molecular complexity index is 189. The molecular formula is C12H24N2O2. The smallest absolute Gasteiger partial charge is 0.234 e. The van der Waals surface area contributed by atoms with Gasteiger partial charge in [0.05, 0.1) is 19.3 Å². The zero-order valence-corrected chi connectivity index (χ0v) is 10.3. The molecule has 0 radical (unpaired) electrons. The summed E-state index contributed by atoms with van der Waals surface area (Å²) in [6.45, 7) is 1.64. The van der Waals surface area contributed by atoms with Gasteiger partial charge in [0.1, 0.15) is 0 Å². The highest BCUT2D eigenvalue weighted by molar-refractivity contribution is 5.77. The molecule has 4 heteroatoms. The number of hydrogen-bond acceptors (Lipinski definition) is 3. The van der Waals surface area contributed by atoms with E-state index >= 15 is 0 Å². The summed E-state index contributed by atoms with van der Waals surface area (Å²) in [4.78, 5) is 11.1. The zero-order chi connectivity index (χ0) is 11.6. The van der Waals surface area contributed by atoms with Crippen molar-refractivity contribution in [3.63, 3.8) is 0 Å². The van der Waals surface area contributed by atoms with Crippen molar-refractivity contribution >= 4 is 5.91 Å². The Labute approximate surface area is 98.1 Å². The van der Waals surface area contributed by atoms with Gasteiger partial charge in [-0.25, -0.2) is 0 Å². The molecule has 0 aromatic heterocycles. The highest BCUT2D eigenvalue weighted by Crippen LogP contribution is 2.19. The van der Waals surface area contributed by atoms with Crippen LogP contribution in [0.25, 0.3) is 0 Å². The van der Waals surface area contributed by atoms with E-state index in [2.05, 4.69) is 10.6 Å². The van der Waals surface area contributed by atoms with Crippen LogP contribution in [0, 0.1) is 0 Å². The van der Waals surface area contributed by atoms with Crippen LogP contribution in [-0.4, -0.2) is 38.8 Å². The fourth-order valence-electron chi connectivity index (χ4n) is 2.05. The first-order chi connectivity index (χ1) is 7.83. The van der Waals surface area contributed by atoms with Crippen molar-refractivity contribution in [2.75, 3.05) is 26.7 Å². The first kappa shape index (κ1) is 13.5. The third kappa shape index (κ3) is 6.08. The van der Waals surface area contributed by atoms with Gasteiger partial charge in [-0.05, 0) is 19.9 Å². The first-order valence-electron chi connectivity index (χ1n) is 6.36. The van der Waals surface area contributed by atoms with Gasteiger partial charge in [0.25, 0.3) is 0 Å². The second kappa shape index (κ2) is 8.53. The predicted molar refractivity (Wildman–Crippen MR) is 64.4 cm³/mol. The summed E-state index contributed by atoms with van der Waals surface area (Å²) < 4.78 is 5.76.